The summed E-state index contributed by atoms with van der Waals surface area (Å²) in [5.41, 5.74) is 0. The third kappa shape index (κ3) is 4.59. The lowest BCUT2D eigenvalue weighted by molar-refractivity contribution is -0.147. The van der Waals surface area contributed by atoms with Crippen LogP contribution in [-0.4, -0.2) is 12.1 Å². The molecule has 0 rings (SSSR count). The van der Waals surface area contributed by atoms with E-state index >= 15 is 0 Å². The second-order valence-electron chi connectivity index (χ2n) is 2.42. The van der Waals surface area contributed by atoms with Crippen molar-refractivity contribution in [3.8, 4) is 0 Å². The summed E-state index contributed by atoms with van der Waals surface area (Å²) in [4.78, 5) is 10.9. The summed E-state index contributed by atoms with van der Waals surface area (Å²) in [7, 11) is 0. The number of esters is 1. The lowest BCUT2D eigenvalue weighted by Gasteiger charge is -2.10. The summed E-state index contributed by atoms with van der Waals surface area (Å²) < 4.78 is 5.03. The Morgan fingerprint density at radius 2 is 2.27 bits per heavy atom. The Bertz CT molecular complexity index is 130. The van der Waals surface area contributed by atoms with E-state index in [4.69, 9.17) is 4.74 Å². The van der Waals surface area contributed by atoms with Gasteiger partial charge in [-0.15, -0.1) is 0 Å². The third-order valence-electron chi connectivity index (χ3n) is 1.40. The Balaban J connectivity index is 3.62. The van der Waals surface area contributed by atoms with E-state index in [0.29, 0.717) is 6.42 Å². The number of rotatable bonds is 5. The number of hydrogen-bond donors (Lipinski definition) is 0. The van der Waals surface area contributed by atoms with Gasteiger partial charge in [0, 0.05) is 6.42 Å². The van der Waals surface area contributed by atoms with Crippen molar-refractivity contribution in [2.24, 2.45) is 0 Å². The minimum absolute atomic E-state index is 0.103. The van der Waals surface area contributed by atoms with E-state index in [-0.39, 0.29) is 12.1 Å². The minimum atomic E-state index is -0.126. The fourth-order valence-electron chi connectivity index (χ4n) is 0.730. The highest BCUT2D eigenvalue weighted by atomic mass is 16.5. The summed E-state index contributed by atoms with van der Waals surface area (Å²) in [5, 5.41) is 0. The number of carbonyl (C=O) groups excluding carboxylic acids is 1. The molecule has 1 atom stereocenters. The number of ether oxygens (including phenoxy) is 1. The van der Waals surface area contributed by atoms with Gasteiger partial charge in [0.2, 0.25) is 0 Å². The molecule has 64 valence electrons. The highest BCUT2D eigenvalue weighted by molar-refractivity contribution is 5.69. The largest absolute Gasteiger partial charge is 0.458 e. The molecule has 0 aromatic rings. The van der Waals surface area contributed by atoms with Crippen molar-refractivity contribution >= 4 is 5.97 Å². The maximum atomic E-state index is 10.9. The van der Waals surface area contributed by atoms with Crippen LogP contribution in [0.5, 0.6) is 0 Å². The summed E-state index contributed by atoms with van der Waals surface area (Å²) in [5.74, 6) is -0.126. The van der Waals surface area contributed by atoms with Crippen molar-refractivity contribution in [2.75, 3.05) is 0 Å². The lowest BCUT2D eigenvalue weighted by Crippen LogP contribution is -2.14. The zero-order chi connectivity index (χ0) is 8.69. The van der Waals surface area contributed by atoms with Crippen LogP contribution in [0.2, 0.25) is 0 Å². The van der Waals surface area contributed by atoms with Crippen LogP contribution in [0, 0.1) is 0 Å². The van der Waals surface area contributed by atoms with E-state index in [1.807, 2.05) is 13.8 Å². The predicted molar refractivity (Wildman–Crippen MR) is 45.3 cm³/mol. The Labute approximate surface area is 68.2 Å². The highest BCUT2D eigenvalue weighted by Crippen LogP contribution is 2.01. The number of hydrogen-bond acceptors (Lipinski definition) is 2. The molecule has 2 heteroatoms. The van der Waals surface area contributed by atoms with Gasteiger partial charge in [0.1, 0.15) is 6.10 Å². The maximum Gasteiger partial charge on any atom is 0.306 e. The Morgan fingerprint density at radius 3 is 2.64 bits per heavy atom. The Morgan fingerprint density at radius 1 is 1.64 bits per heavy atom. The summed E-state index contributed by atoms with van der Waals surface area (Å²) in [6.07, 6.45) is 3.71. The minimum Gasteiger partial charge on any atom is -0.458 e. The van der Waals surface area contributed by atoms with Gasteiger partial charge < -0.3 is 4.74 Å². The Hall–Kier alpha value is -0.790. The molecule has 1 unspecified atom stereocenters. The molecular weight excluding hydrogens is 140 g/mol. The highest BCUT2D eigenvalue weighted by Gasteiger charge is 2.06. The molecule has 0 fully saturated rings. The third-order valence-corrected chi connectivity index (χ3v) is 1.40. The van der Waals surface area contributed by atoms with Crippen molar-refractivity contribution in [3.05, 3.63) is 12.7 Å². The first-order chi connectivity index (χ1) is 5.24. The molecular formula is C9H16O2. The molecule has 0 saturated carbocycles. The standard InChI is InChI=1S/C9H16O2/c1-4-7-9(10)11-8(5-2)6-3/h5,8H,2,4,6-7H2,1,3H3. The van der Waals surface area contributed by atoms with Gasteiger partial charge in [-0.2, -0.15) is 0 Å². The van der Waals surface area contributed by atoms with Gasteiger partial charge in [-0.3, -0.25) is 4.79 Å². The monoisotopic (exact) mass is 156 g/mol. The molecule has 0 radical (unpaired) electrons. The predicted octanol–water partition coefficient (Wildman–Crippen LogP) is 2.29. The maximum absolute atomic E-state index is 10.9. The fraction of sp³-hybridized carbons (Fsp3) is 0.667. The van der Waals surface area contributed by atoms with Gasteiger partial charge in [-0.05, 0) is 12.8 Å². The van der Waals surface area contributed by atoms with Crippen molar-refractivity contribution in [3.63, 3.8) is 0 Å². The molecule has 0 N–H and O–H groups in total. The zero-order valence-corrected chi connectivity index (χ0v) is 7.30. The zero-order valence-electron chi connectivity index (χ0n) is 7.30. The topological polar surface area (TPSA) is 26.3 Å². The van der Waals surface area contributed by atoms with Gasteiger partial charge in [-0.1, -0.05) is 26.5 Å². The molecule has 2 nitrogen and oxygen atoms in total. The van der Waals surface area contributed by atoms with Crippen molar-refractivity contribution in [1.29, 1.82) is 0 Å². The van der Waals surface area contributed by atoms with Gasteiger partial charge in [-0.25, -0.2) is 0 Å². The van der Waals surface area contributed by atoms with Crippen molar-refractivity contribution < 1.29 is 9.53 Å². The first-order valence-electron chi connectivity index (χ1n) is 4.06. The molecule has 0 spiro atoms. The first-order valence-corrected chi connectivity index (χ1v) is 4.06. The fourth-order valence-corrected chi connectivity index (χ4v) is 0.730. The van der Waals surface area contributed by atoms with Gasteiger partial charge >= 0.3 is 5.97 Å². The molecule has 0 saturated heterocycles. The van der Waals surface area contributed by atoms with Gasteiger partial charge in [0.05, 0.1) is 0 Å². The molecule has 0 aromatic heterocycles. The van der Waals surface area contributed by atoms with Crippen LogP contribution >= 0.6 is 0 Å². The molecule has 11 heavy (non-hydrogen) atoms. The lowest BCUT2D eigenvalue weighted by atomic mass is 10.3. The smallest absolute Gasteiger partial charge is 0.306 e. The first kappa shape index (κ1) is 10.2. The van der Waals surface area contributed by atoms with Crippen LogP contribution in [0.25, 0.3) is 0 Å². The van der Waals surface area contributed by atoms with Crippen LogP contribution < -0.4 is 0 Å². The molecule has 0 aliphatic heterocycles. The van der Waals surface area contributed by atoms with E-state index < -0.39 is 0 Å². The van der Waals surface area contributed by atoms with Crippen LogP contribution in [0.3, 0.4) is 0 Å². The molecule has 0 amide bonds. The van der Waals surface area contributed by atoms with Crippen molar-refractivity contribution in [2.45, 2.75) is 39.2 Å². The molecule has 0 aliphatic carbocycles. The van der Waals surface area contributed by atoms with Crippen LogP contribution in [-0.2, 0) is 9.53 Å². The second-order valence-corrected chi connectivity index (χ2v) is 2.42. The van der Waals surface area contributed by atoms with E-state index in [1.165, 1.54) is 0 Å². The van der Waals surface area contributed by atoms with Crippen LogP contribution in [0.15, 0.2) is 12.7 Å². The Kier molecular flexibility index (Phi) is 5.53. The molecule has 0 bridgehead atoms. The van der Waals surface area contributed by atoms with Gasteiger partial charge in [0.15, 0.2) is 0 Å². The van der Waals surface area contributed by atoms with Crippen LogP contribution in [0.4, 0.5) is 0 Å². The second kappa shape index (κ2) is 5.96. The van der Waals surface area contributed by atoms with Crippen LogP contribution in [0.1, 0.15) is 33.1 Å². The quantitative estimate of drug-likeness (QED) is 0.451. The molecule has 0 aliphatic rings. The van der Waals surface area contributed by atoms with E-state index in [1.54, 1.807) is 6.08 Å². The van der Waals surface area contributed by atoms with E-state index in [2.05, 4.69) is 6.58 Å². The van der Waals surface area contributed by atoms with E-state index in [0.717, 1.165) is 12.8 Å². The molecule has 0 heterocycles. The summed E-state index contributed by atoms with van der Waals surface area (Å²) in [6, 6.07) is 0. The van der Waals surface area contributed by atoms with E-state index in [9.17, 15) is 4.79 Å². The summed E-state index contributed by atoms with van der Waals surface area (Å²) in [6.45, 7) is 7.49. The van der Waals surface area contributed by atoms with Crippen molar-refractivity contribution in [1.82, 2.24) is 0 Å². The molecule has 0 aromatic carbocycles. The van der Waals surface area contributed by atoms with Gasteiger partial charge in [0.25, 0.3) is 0 Å². The SMILES string of the molecule is C=CC(CC)OC(=O)CCC. The average Bonchev–Trinajstić information content (AvgIpc) is 2.01. The normalized spacial score (nSPS) is 12.2. The number of carbonyl (C=O) groups is 1. The average molecular weight is 156 g/mol. The summed E-state index contributed by atoms with van der Waals surface area (Å²) >= 11 is 0.